The molecule has 6 heteroatoms. The number of fused-ring (bicyclic) bond motifs is 1. The second-order valence-electron chi connectivity index (χ2n) is 6.26. The van der Waals surface area contributed by atoms with Crippen LogP contribution in [-0.4, -0.2) is 25.2 Å². The fraction of sp³-hybridized carbons (Fsp3) is 0.250. The third-order valence-electron chi connectivity index (χ3n) is 4.22. The SMILES string of the molecule is C=CCCCCN1C(Nc2ccc(C)cc2)=Nc2ccccc2S1(=O)=O. The molecule has 0 atom stereocenters. The van der Waals surface area contributed by atoms with E-state index < -0.39 is 10.0 Å². The number of para-hydroxylation sites is 1. The molecule has 3 rings (SSSR count). The molecule has 5 nitrogen and oxygen atoms in total. The molecular formula is C20H23N3O2S. The first-order valence-corrected chi connectivity index (χ1v) is 10.1. The Hall–Kier alpha value is -2.60. The fourth-order valence-electron chi connectivity index (χ4n) is 2.80. The number of benzene rings is 2. The minimum atomic E-state index is -3.63. The monoisotopic (exact) mass is 369 g/mol. The van der Waals surface area contributed by atoms with Gasteiger partial charge in [-0.15, -0.1) is 6.58 Å². The fourth-order valence-corrected chi connectivity index (χ4v) is 4.35. The lowest BCUT2D eigenvalue weighted by Gasteiger charge is -2.30. The van der Waals surface area contributed by atoms with Crippen molar-refractivity contribution in [3.8, 4) is 0 Å². The molecule has 0 aromatic heterocycles. The summed E-state index contributed by atoms with van der Waals surface area (Å²) in [5, 5.41) is 3.17. The number of hydrogen-bond donors (Lipinski definition) is 1. The molecule has 0 bridgehead atoms. The van der Waals surface area contributed by atoms with Gasteiger partial charge < -0.3 is 5.32 Å². The number of sulfonamides is 1. The quantitative estimate of drug-likeness (QED) is 0.604. The van der Waals surface area contributed by atoms with E-state index in [1.54, 1.807) is 24.3 Å². The molecule has 0 saturated heterocycles. The Labute approximate surface area is 155 Å². The van der Waals surface area contributed by atoms with E-state index in [1.807, 2.05) is 37.3 Å². The Bertz CT molecular complexity index is 918. The summed E-state index contributed by atoms with van der Waals surface area (Å²) in [6.07, 6.45) is 4.33. The lowest BCUT2D eigenvalue weighted by Crippen LogP contribution is -2.43. The maximum atomic E-state index is 13.1. The number of allylic oxidation sites excluding steroid dienone is 1. The lowest BCUT2D eigenvalue weighted by molar-refractivity contribution is 0.503. The Morgan fingerprint density at radius 2 is 1.85 bits per heavy atom. The summed E-state index contributed by atoms with van der Waals surface area (Å²) in [5.74, 6) is 0.339. The largest absolute Gasteiger partial charge is 0.325 e. The van der Waals surface area contributed by atoms with Crippen LogP contribution in [0.1, 0.15) is 24.8 Å². The molecular weight excluding hydrogens is 346 g/mol. The van der Waals surface area contributed by atoms with Crippen molar-refractivity contribution in [2.75, 3.05) is 11.9 Å². The van der Waals surface area contributed by atoms with Crippen LogP contribution in [0.4, 0.5) is 11.4 Å². The lowest BCUT2D eigenvalue weighted by atomic mass is 10.2. The predicted octanol–water partition coefficient (Wildman–Crippen LogP) is 4.46. The molecule has 0 unspecified atom stereocenters. The van der Waals surface area contributed by atoms with E-state index in [0.717, 1.165) is 30.5 Å². The Morgan fingerprint density at radius 3 is 2.58 bits per heavy atom. The van der Waals surface area contributed by atoms with Gasteiger partial charge in [-0.1, -0.05) is 35.9 Å². The van der Waals surface area contributed by atoms with Crippen LogP contribution >= 0.6 is 0 Å². The second-order valence-corrected chi connectivity index (χ2v) is 8.09. The van der Waals surface area contributed by atoms with Gasteiger partial charge in [-0.3, -0.25) is 0 Å². The first kappa shape index (κ1) is 18.2. The summed E-state index contributed by atoms with van der Waals surface area (Å²) in [5.41, 5.74) is 2.41. The first-order chi connectivity index (χ1) is 12.5. The van der Waals surface area contributed by atoms with Crippen LogP contribution in [-0.2, 0) is 10.0 Å². The summed E-state index contributed by atoms with van der Waals surface area (Å²) < 4.78 is 27.6. The molecule has 0 amide bonds. The molecule has 26 heavy (non-hydrogen) atoms. The van der Waals surface area contributed by atoms with Crippen LogP contribution < -0.4 is 5.32 Å². The van der Waals surface area contributed by atoms with Crippen molar-refractivity contribution in [2.24, 2.45) is 4.99 Å². The van der Waals surface area contributed by atoms with Crippen molar-refractivity contribution >= 4 is 27.4 Å². The van der Waals surface area contributed by atoms with Gasteiger partial charge in [0.25, 0.3) is 10.0 Å². The van der Waals surface area contributed by atoms with Crippen LogP contribution in [0.15, 0.2) is 71.1 Å². The molecule has 0 fully saturated rings. The van der Waals surface area contributed by atoms with E-state index in [0.29, 0.717) is 18.2 Å². The van der Waals surface area contributed by atoms with Gasteiger partial charge >= 0.3 is 0 Å². The van der Waals surface area contributed by atoms with Crippen molar-refractivity contribution < 1.29 is 8.42 Å². The number of hydrogen-bond acceptors (Lipinski definition) is 4. The standard InChI is InChI=1S/C20H23N3O2S/c1-3-4-5-8-15-23-20(21-17-13-11-16(2)12-14-17)22-18-9-6-7-10-19(18)26(23,24)25/h3,6-7,9-14H,1,4-5,8,15H2,2H3,(H,21,22). The number of nitrogens with zero attached hydrogens (tertiary/aromatic N) is 2. The smallest absolute Gasteiger partial charge is 0.268 e. The van der Waals surface area contributed by atoms with Crippen LogP contribution in [0.25, 0.3) is 0 Å². The van der Waals surface area contributed by atoms with Gasteiger partial charge in [0.2, 0.25) is 5.96 Å². The van der Waals surface area contributed by atoms with Crippen molar-refractivity contribution in [3.63, 3.8) is 0 Å². The van der Waals surface area contributed by atoms with Crippen molar-refractivity contribution in [1.82, 2.24) is 4.31 Å². The molecule has 1 heterocycles. The zero-order valence-corrected chi connectivity index (χ0v) is 15.7. The summed E-state index contributed by atoms with van der Waals surface area (Å²) >= 11 is 0. The van der Waals surface area contributed by atoms with E-state index in [1.165, 1.54) is 4.31 Å². The van der Waals surface area contributed by atoms with Crippen LogP contribution in [0.5, 0.6) is 0 Å². The average molecular weight is 369 g/mol. The van der Waals surface area contributed by atoms with Gasteiger partial charge in [0.1, 0.15) is 4.90 Å². The van der Waals surface area contributed by atoms with Crippen LogP contribution in [0, 0.1) is 6.92 Å². The third-order valence-corrected chi connectivity index (χ3v) is 6.06. The predicted molar refractivity (Wildman–Crippen MR) is 106 cm³/mol. The first-order valence-electron chi connectivity index (χ1n) is 8.67. The van der Waals surface area contributed by atoms with Gasteiger partial charge in [-0.25, -0.2) is 17.7 Å². The minimum Gasteiger partial charge on any atom is -0.325 e. The summed E-state index contributed by atoms with van der Waals surface area (Å²) in [4.78, 5) is 4.82. The van der Waals surface area contributed by atoms with E-state index in [2.05, 4.69) is 16.9 Å². The van der Waals surface area contributed by atoms with E-state index in [-0.39, 0.29) is 4.90 Å². The molecule has 1 N–H and O–H groups in total. The Balaban J connectivity index is 1.94. The molecule has 0 saturated carbocycles. The molecule has 136 valence electrons. The molecule has 1 aliphatic heterocycles. The number of rotatable bonds is 6. The van der Waals surface area contributed by atoms with Gasteiger partial charge in [-0.2, -0.15) is 0 Å². The van der Waals surface area contributed by atoms with E-state index in [9.17, 15) is 8.42 Å². The van der Waals surface area contributed by atoms with Crippen molar-refractivity contribution in [2.45, 2.75) is 31.1 Å². The third kappa shape index (κ3) is 3.80. The second kappa shape index (κ2) is 7.74. The number of unbranched alkanes of at least 4 members (excludes halogenated alkanes) is 2. The molecule has 2 aromatic rings. The number of nitrogens with one attached hydrogen (secondary N) is 1. The minimum absolute atomic E-state index is 0.248. The maximum Gasteiger partial charge on any atom is 0.268 e. The number of aliphatic imine (C=N–C) groups is 1. The highest BCUT2D eigenvalue weighted by Crippen LogP contribution is 2.32. The number of aryl methyl sites for hydroxylation is 1. The summed E-state index contributed by atoms with van der Waals surface area (Å²) in [6, 6.07) is 14.6. The summed E-state index contributed by atoms with van der Waals surface area (Å²) in [6.45, 7) is 6.10. The maximum absolute atomic E-state index is 13.1. The molecule has 0 radical (unpaired) electrons. The molecule has 1 aliphatic rings. The van der Waals surface area contributed by atoms with E-state index in [4.69, 9.17) is 0 Å². The number of guanidine groups is 1. The van der Waals surface area contributed by atoms with Gasteiger partial charge in [-0.05, 0) is 50.5 Å². The highest BCUT2D eigenvalue weighted by molar-refractivity contribution is 7.90. The zero-order chi connectivity index (χ0) is 18.6. The zero-order valence-electron chi connectivity index (χ0n) is 14.9. The van der Waals surface area contributed by atoms with Crippen molar-refractivity contribution in [3.05, 3.63) is 66.7 Å². The van der Waals surface area contributed by atoms with Gasteiger partial charge in [0.15, 0.2) is 0 Å². The topological polar surface area (TPSA) is 61.8 Å². The Morgan fingerprint density at radius 1 is 1.12 bits per heavy atom. The van der Waals surface area contributed by atoms with Gasteiger partial charge in [0, 0.05) is 12.2 Å². The summed E-state index contributed by atoms with van der Waals surface area (Å²) in [7, 11) is -3.63. The molecule has 0 spiro atoms. The van der Waals surface area contributed by atoms with Gasteiger partial charge in [0.05, 0.1) is 5.69 Å². The normalized spacial score (nSPS) is 15.1. The average Bonchev–Trinajstić information content (AvgIpc) is 2.62. The van der Waals surface area contributed by atoms with E-state index >= 15 is 0 Å². The molecule has 2 aromatic carbocycles. The van der Waals surface area contributed by atoms with Crippen LogP contribution in [0.3, 0.4) is 0 Å². The Kier molecular flexibility index (Phi) is 5.42. The number of anilines is 1. The molecule has 0 aliphatic carbocycles. The van der Waals surface area contributed by atoms with Crippen LogP contribution in [0.2, 0.25) is 0 Å². The van der Waals surface area contributed by atoms with Crippen molar-refractivity contribution in [1.29, 1.82) is 0 Å². The highest BCUT2D eigenvalue weighted by atomic mass is 32.2. The highest BCUT2D eigenvalue weighted by Gasteiger charge is 2.33.